The van der Waals surface area contributed by atoms with Crippen molar-refractivity contribution in [3.63, 3.8) is 0 Å². The molecule has 0 aliphatic carbocycles. The van der Waals surface area contributed by atoms with Crippen molar-refractivity contribution in [2.45, 2.75) is 39.7 Å². The quantitative estimate of drug-likeness (QED) is 0.829. The van der Waals surface area contributed by atoms with E-state index in [0.29, 0.717) is 42.0 Å². The molecular weight excluding hydrogens is 346 g/mol. The normalized spacial score (nSPS) is 14.8. The second-order valence-electron chi connectivity index (χ2n) is 6.65. The van der Waals surface area contributed by atoms with Crippen LogP contribution in [0.3, 0.4) is 0 Å². The average molecular weight is 369 g/mol. The monoisotopic (exact) mass is 369 g/mol. The van der Waals surface area contributed by atoms with Gasteiger partial charge in [0.15, 0.2) is 0 Å². The van der Waals surface area contributed by atoms with Crippen LogP contribution in [0.1, 0.15) is 48.2 Å². The van der Waals surface area contributed by atoms with E-state index in [1.807, 2.05) is 11.8 Å². The maximum atomic E-state index is 12.2. The molecule has 1 aliphatic rings. The molecular formula is C19H23N5O3. The summed E-state index contributed by atoms with van der Waals surface area (Å²) in [6.45, 7) is 6.83. The lowest BCUT2D eigenvalue weighted by Gasteiger charge is -2.32. The molecule has 2 aromatic heterocycles. The largest absolute Gasteiger partial charge is 0.462 e. The Hall–Kier alpha value is -3.08. The van der Waals surface area contributed by atoms with Gasteiger partial charge in [-0.25, -0.2) is 9.31 Å². The Bertz CT molecular complexity index is 920. The molecule has 0 radical (unpaired) electrons. The number of carbonyl (C=O) groups excluding carboxylic acids is 2. The summed E-state index contributed by atoms with van der Waals surface area (Å²) < 4.78 is 6.72. The number of piperidine rings is 1. The minimum Gasteiger partial charge on any atom is -0.462 e. The van der Waals surface area contributed by atoms with Crippen LogP contribution in [0.2, 0.25) is 0 Å². The number of amides is 1. The molecule has 2 aromatic rings. The van der Waals surface area contributed by atoms with Crippen molar-refractivity contribution in [1.82, 2.24) is 14.5 Å². The molecule has 1 amide bonds. The molecule has 1 fully saturated rings. The van der Waals surface area contributed by atoms with Gasteiger partial charge in [0.1, 0.15) is 6.07 Å². The molecule has 8 nitrogen and oxygen atoms in total. The minimum atomic E-state index is -0.403. The number of anilines is 1. The topological polar surface area (TPSA) is 99.7 Å². The fourth-order valence-electron chi connectivity index (χ4n) is 3.48. The third-order valence-electron chi connectivity index (χ3n) is 4.96. The van der Waals surface area contributed by atoms with Crippen LogP contribution in [0.5, 0.6) is 0 Å². The van der Waals surface area contributed by atoms with Crippen molar-refractivity contribution in [3.8, 4) is 6.07 Å². The number of carbonyl (C=O) groups is 2. The maximum absolute atomic E-state index is 12.2. The highest BCUT2D eigenvalue weighted by Crippen LogP contribution is 2.29. The highest BCUT2D eigenvalue weighted by Gasteiger charge is 2.24. The van der Waals surface area contributed by atoms with E-state index < -0.39 is 5.97 Å². The van der Waals surface area contributed by atoms with Gasteiger partial charge >= 0.3 is 5.97 Å². The minimum absolute atomic E-state index is 0.0824. The Balaban J connectivity index is 1.95. The molecule has 142 valence electrons. The van der Waals surface area contributed by atoms with Crippen molar-refractivity contribution in [1.29, 1.82) is 5.26 Å². The van der Waals surface area contributed by atoms with Gasteiger partial charge in [-0.2, -0.15) is 10.4 Å². The van der Waals surface area contributed by atoms with Crippen LogP contribution in [0.25, 0.3) is 5.52 Å². The number of aromatic nitrogens is 2. The van der Waals surface area contributed by atoms with E-state index in [4.69, 9.17) is 4.74 Å². The van der Waals surface area contributed by atoms with Crippen molar-refractivity contribution < 1.29 is 14.3 Å². The number of likely N-dealkylation sites (tertiary alicyclic amines) is 1. The number of hydrogen-bond donors (Lipinski definition) is 1. The predicted octanol–water partition coefficient (Wildman–Crippen LogP) is 2.11. The fraction of sp³-hybridized carbons (Fsp3) is 0.474. The summed E-state index contributed by atoms with van der Waals surface area (Å²) in [6, 6.07) is 2.31. The van der Waals surface area contributed by atoms with Crippen molar-refractivity contribution in [2.24, 2.45) is 0 Å². The zero-order valence-electron chi connectivity index (χ0n) is 15.8. The molecule has 0 unspecified atom stereocenters. The summed E-state index contributed by atoms with van der Waals surface area (Å²) in [7, 11) is 0. The van der Waals surface area contributed by atoms with E-state index in [9.17, 15) is 14.9 Å². The van der Waals surface area contributed by atoms with Crippen molar-refractivity contribution >= 4 is 23.1 Å². The number of ether oxygens (including phenoxy) is 1. The van der Waals surface area contributed by atoms with Crippen LogP contribution in [0.4, 0.5) is 5.69 Å². The Morgan fingerprint density at radius 2 is 2.11 bits per heavy atom. The summed E-state index contributed by atoms with van der Waals surface area (Å²) in [5.41, 5.74) is 2.96. The van der Waals surface area contributed by atoms with Crippen molar-refractivity contribution in [3.05, 3.63) is 29.1 Å². The average Bonchev–Trinajstić information content (AvgIpc) is 3.00. The van der Waals surface area contributed by atoms with Gasteiger partial charge in [0.25, 0.3) is 0 Å². The van der Waals surface area contributed by atoms with Crippen LogP contribution < -0.4 is 5.32 Å². The fourth-order valence-corrected chi connectivity index (χ4v) is 3.48. The third-order valence-corrected chi connectivity index (χ3v) is 4.96. The lowest BCUT2D eigenvalue weighted by Crippen LogP contribution is -2.41. The zero-order chi connectivity index (χ0) is 19.6. The smallest absolute Gasteiger partial charge is 0.340 e. The first-order valence-electron chi connectivity index (χ1n) is 9.06. The summed E-state index contributed by atoms with van der Waals surface area (Å²) in [5, 5.41) is 17.2. The number of rotatable bonds is 4. The number of hydrogen-bond acceptors (Lipinski definition) is 6. The summed E-state index contributed by atoms with van der Waals surface area (Å²) in [6.07, 6.45) is 4.72. The van der Waals surface area contributed by atoms with E-state index in [0.717, 1.165) is 18.4 Å². The molecule has 0 aromatic carbocycles. The van der Waals surface area contributed by atoms with Gasteiger partial charge in [-0.3, -0.25) is 4.79 Å². The summed E-state index contributed by atoms with van der Waals surface area (Å²) in [4.78, 5) is 25.5. The second kappa shape index (κ2) is 7.66. The number of aryl methyl sites for hydroxylation is 1. The summed E-state index contributed by atoms with van der Waals surface area (Å²) in [5.74, 6) is -0.321. The number of fused-ring (bicyclic) bond motifs is 1. The Morgan fingerprint density at radius 1 is 1.41 bits per heavy atom. The lowest BCUT2D eigenvalue weighted by atomic mass is 10.0. The van der Waals surface area contributed by atoms with Crippen LogP contribution in [0, 0.1) is 18.3 Å². The van der Waals surface area contributed by atoms with Crippen LogP contribution >= 0.6 is 0 Å². The number of esters is 1. The van der Waals surface area contributed by atoms with Gasteiger partial charge in [0.05, 0.1) is 35.1 Å². The molecule has 8 heteroatoms. The molecule has 0 bridgehead atoms. The van der Waals surface area contributed by atoms with Crippen LogP contribution in [0.15, 0.2) is 12.4 Å². The standard InChI is InChI=1S/C19H23N5O3/c1-4-27-19(26)16-11-24-18(12(16)2)17(14(9-20)10-21-24)22-15-5-7-23(8-6-15)13(3)25/h10-11,15,22H,4-8H2,1-3H3. The van der Waals surface area contributed by atoms with E-state index in [2.05, 4.69) is 16.5 Å². The first-order chi connectivity index (χ1) is 13.0. The molecule has 3 heterocycles. The number of nitrogens with one attached hydrogen (secondary N) is 1. The van der Waals surface area contributed by atoms with E-state index >= 15 is 0 Å². The molecule has 0 atom stereocenters. The second-order valence-corrected chi connectivity index (χ2v) is 6.65. The van der Waals surface area contributed by atoms with Crippen LogP contribution in [-0.4, -0.2) is 52.1 Å². The Morgan fingerprint density at radius 3 is 2.70 bits per heavy atom. The highest BCUT2D eigenvalue weighted by molar-refractivity contribution is 5.96. The molecule has 1 N–H and O–H groups in total. The molecule has 0 spiro atoms. The SMILES string of the molecule is CCOC(=O)c1cn2ncc(C#N)c(NC3CCN(C(C)=O)CC3)c2c1C. The van der Waals surface area contributed by atoms with Gasteiger partial charge in [0, 0.05) is 32.3 Å². The van der Waals surface area contributed by atoms with E-state index in [1.165, 1.54) is 6.20 Å². The van der Waals surface area contributed by atoms with Crippen LogP contribution in [-0.2, 0) is 9.53 Å². The van der Waals surface area contributed by atoms with E-state index in [1.54, 1.807) is 24.6 Å². The number of nitrogens with zero attached hydrogens (tertiary/aromatic N) is 4. The lowest BCUT2D eigenvalue weighted by molar-refractivity contribution is -0.129. The van der Waals surface area contributed by atoms with Crippen molar-refractivity contribution in [2.75, 3.05) is 25.0 Å². The maximum Gasteiger partial charge on any atom is 0.340 e. The molecule has 3 rings (SSSR count). The van der Waals surface area contributed by atoms with Gasteiger partial charge in [-0.05, 0) is 32.3 Å². The summed E-state index contributed by atoms with van der Waals surface area (Å²) >= 11 is 0. The van der Waals surface area contributed by atoms with Gasteiger partial charge in [-0.1, -0.05) is 0 Å². The highest BCUT2D eigenvalue weighted by atomic mass is 16.5. The first kappa shape index (κ1) is 18.7. The Labute approximate surface area is 157 Å². The molecule has 1 aliphatic heterocycles. The van der Waals surface area contributed by atoms with Gasteiger partial charge in [0.2, 0.25) is 5.91 Å². The number of nitriles is 1. The van der Waals surface area contributed by atoms with Gasteiger partial charge in [-0.15, -0.1) is 0 Å². The third kappa shape index (κ3) is 3.58. The molecule has 1 saturated heterocycles. The Kier molecular flexibility index (Phi) is 5.31. The molecule has 27 heavy (non-hydrogen) atoms. The first-order valence-corrected chi connectivity index (χ1v) is 9.06. The van der Waals surface area contributed by atoms with Gasteiger partial charge < -0.3 is 15.0 Å². The predicted molar refractivity (Wildman–Crippen MR) is 99.5 cm³/mol. The molecule has 0 saturated carbocycles. The van der Waals surface area contributed by atoms with E-state index in [-0.39, 0.29) is 11.9 Å². The zero-order valence-corrected chi connectivity index (χ0v) is 15.8.